The zero-order valence-electron chi connectivity index (χ0n) is 14.2. The fourth-order valence-corrected chi connectivity index (χ4v) is 3.46. The van der Waals surface area contributed by atoms with Crippen LogP contribution in [-0.4, -0.2) is 27.7 Å². The van der Waals surface area contributed by atoms with E-state index in [9.17, 15) is 9.59 Å². The second kappa shape index (κ2) is 7.11. The number of hydrogen-bond donors (Lipinski definition) is 0. The predicted molar refractivity (Wildman–Crippen MR) is 99.6 cm³/mol. The van der Waals surface area contributed by atoms with Gasteiger partial charge in [0.05, 0.1) is 23.3 Å². The number of para-hydroxylation sites is 1. The summed E-state index contributed by atoms with van der Waals surface area (Å²) < 4.78 is 6.60. The minimum atomic E-state index is -0.368. The van der Waals surface area contributed by atoms with Crippen LogP contribution in [-0.2, 0) is 7.05 Å². The molecule has 0 saturated carbocycles. The van der Waals surface area contributed by atoms with Gasteiger partial charge in [-0.15, -0.1) is 0 Å². The Balaban J connectivity index is 1.88. The number of thioether (sulfide) groups is 1. The van der Waals surface area contributed by atoms with Crippen molar-refractivity contribution in [2.45, 2.75) is 17.3 Å². The predicted octanol–water partition coefficient (Wildman–Crippen LogP) is 3.31. The molecular formula is C19H18N2O3S. The van der Waals surface area contributed by atoms with Crippen LogP contribution >= 0.6 is 11.8 Å². The lowest BCUT2D eigenvalue weighted by atomic mass is 10.1. The molecule has 2 aromatic carbocycles. The number of ketones is 1. The fourth-order valence-electron chi connectivity index (χ4n) is 2.50. The molecule has 0 fully saturated rings. The molecule has 6 heteroatoms. The van der Waals surface area contributed by atoms with Crippen LogP contribution in [0.1, 0.15) is 17.3 Å². The summed E-state index contributed by atoms with van der Waals surface area (Å²) in [6.45, 7) is 1.82. The van der Waals surface area contributed by atoms with E-state index in [4.69, 9.17) is 4.74 Å². The lowest BCUT2D eigenvalue weighted by Crippen LogP contribution is -2.22. The number of hydrogen-bond acceptors (Lipinski definition) is 5. The maximum absolute atomic E-state index is 12.6. The molecule has 0 aliphatic carbocycles. The van der Waals surface area contributed by atoms with E-state index in [0.29, 0.717) is 27.4 Å². The van der Waals surface area contributed by atoms with E-state index in [1.165, 1.54) is 16.3 Å². The maximum Gasteiger partial charge on any atom is 0.261 e. The van der Waals surface area contributed by atoms with Gasteiger partial charge in [0.1, 0.15) is 5.75 Å². The second-order valence-corrected chi connectivity index (χ2v) is 6.94. The van der Waals surface area contributed by atoms with Crippen molar-refractivity contribution in [1.29, 1.82) is 0 Å². The molecule has 0 aliphatic heterocycles. The van der Waals surface area contributed by atoms with Crippen LogP contribution in [0.4, 0.5) is 0 Å². The molecule has 1 atom stereocenters. The molecule has 3 rings (SSSR count). The average molecular weight is 354 g/mol. The third-order valence-electron chi connectivity index (χ3n) is 3.97. The lowest BCUT2D eigenvalue weighted by Gasteiger charge is -2.13. The molecule has 0 saturated heterocycles. The molecule has 0 radical (unpaired) electrons. The highest BCUT2D eigenvalue weighted by Crippen LogP contribution is 2.25. The van der Waals surface area contributed by atoms with E-state index < -0.39 is 0 Å². The highest BCUT2D eigenvalue weighted by atomic mass is 32.2. The molecular weight excluding hydrogens is 336 g/mol. The third kappa shape index (κ3) is 3.44. The van der Waals surface area contributed by atoms with Crippen LogP contribution in [0.15, 0.2) is 58.5 Å². The third-order valence-corrected chi connectivity index (χ3v) is 5.11. The highest BCUT2D eigenvalue weighted by molar-refractivity contribution is 8.00. The Hall–Kier alpha value is -2.60. The van der Waals surface area contributed by atoms with Gasteiger partial charge >= 0.3 is 0 Å². The van der Waals surface area contributed by atoms with Gasteiger partial charge in [-0.25, -0.2) is 4.98 Å². The average Bonchev–Trinajstić information content (AvgIpc) is 2.65. The zero-order valence-corrected chi connectivity index (χ0v) is 15.0. The van der Waals surface area contributed by atoms with E-state index >= 15 is 0 Å². The van der Waals surface area contributed by atoms with Gasteiger partial charge in [-0.1, -0.05) is 23.9 Å². The van der Waals surface area contributed by atoms with Crippen molar-refractivity contribution in [3.05, 3.63) is 64.4 Å². The standard InChI is InChI=1S/C19H18N2O3S/c1-12(17(22)13-8-10-14(24-3)11-9-13)25-19-20-16-7-5-4-6-15(16)18(23)21(19)2/h4-12H,1-3H3/t12-/m0/s1. The number of carbonyl (C=O) groups is 1. The van der Waals surface area contributed by atoms with Gasteiger partial charge in [-0.2, -0.15) is 0 Å². The Morgan fingerprint density at radius 1 is 1.16 bits per heavy atom. The first-order valence-corrected chi connectivity index (χ1v) is 8.70. The topological polar surface area (TPSA) is 61.2 Å². The summed E-state index contributed by atoms with van der Waals surface area (Å²) >= 11 is 1.28. The Labute approximate surface area is 149 Å². The molecule has 0 bridgehead atoms. The molecule has 0 amide bonds. The van der Waals surface area contributed by atoms with Gasteiger partial charge in [-0.05, 0) is 43.3 Å². The summed E-state index contributed by atoms with van der Waals surface area (Å²) in [5, 5.41) is 0.731. The van der Waals surface area contributed by atoms with Crippen molar-refractivity contribution >= 4 is 28.4 Å². The first-order chi connectivity index (χ1) is 12.0. The molecule has 0 N–H and O–H groups in total. The van der Waals surface area contributed by atoms with Crippen molar-refractivity contribution in [3.63, 3.8) is 0 Å². The van der Waals surface area contributed by atoms with Gasteiger partial charge in [0, 0.05) is 12.6 Å². The molecule has 128 valence electrons. The normalized spacial score (nSPS) is 12.1. The Morgan fingerprint density at radius 2 is 1.84 bits per heavy atom. The van der Waals surface area contributed by atoms with Crippen molar-refractivity contribution in [3.8, 4) is 5.75 Å². The fraction of sp³-hybridized carbons (Fsp3) is 0.211. The van der Waals surface area contributed by atoms with Crippen LogP contribution in [0.25, 0.3) is 10.9 Å². The maximum atomic E-state index is 12.6. The number of rotatable bonds is 5. The van der Waals surface area contributed by atoms with E-state index in [0.717, 1.165) is 0 Å². The van der Waals surface area contributed by atoms with Crippen LogP contribution in [0.5, 0.6) is 5.75 Å². The van der Waals surface area contributed by atoms with Gasteiger partial charge in [0.2, 0.25) is 0 Å². The van der Waals surface area contributed by atoms with E-state index in [1.54, 1.807) is 50.6 Å². The quantitative estimate of drug-likeness (QED) is 0.400. The number of ether oxygens (including phenoxy) is 1. The van der Waals surface area contributed by atoms with Crippen LogP contribution in [0, 0.1) is 0 Å². The SMILES string of the molecule is COc1ccc(C(=O)[C@H](C)Sc2nc3ccccc3c(=O)n2C)cc1. The van der Waals surface area contributed by atoms with Crippen molar-refractivity contribution in [2.75, 3.05) is 7.11 Å². The van der Waals surface area contributed by atoms with E-state index in [-0.39, 0.29) is 16.6 Å². The minimum absolute atomic E-state index is 0.0185. The summed E-state index contributed by atoms with van der Waals surface area (Å²) in [6, 6.07) is 14.2. The number of benzene rings is 2. The second-order valence-electron chi connectivity index (χ2n) is 5.63. The van der Waals surface area contributed by atoms with Crippen LogP contribution < -0.4 is 10.3 Å². The van der Waals surface area contributed by atoms with Crippen molar-refractivity contribution < 1.29 is 9.53 Å². The molecule has 1 heterocycles. The first-order valence-electron chi connectivity index (χ1n) is 7.82. The number of methoxy groups -OCH3 is 1. The summed E-state index contributed by atoms with van der Waals surface area (Å²) in [7, 11) is 3.26. The molecule has 3 aromatic rings. The monoisotopic (exact) mass is 354 g/mol. The smallest absolute Gasteiger partial charge is 0.261 e. The largest absolute Gasteiger partial charge is 0.497 e. The molecule has 0 unspecified atom stereocenters. The van der Waals surface area contributed by atoms with Gasteiger partial charge < -0.3 is 4.74 Å². The number of nitrogens with zero attached hydrogens (tertiary/aromatic N) is 2. The van der Waals surface area contributed by atoms with Gasteiger partial charge in [-0.3, -0.25) is 14.2 Å². The highest BCUT2D eigenvalue weighted by Gasteiger charge is 2.19. The number of carbonyl (C=O) groups excluding carboxylic acids is 1. The summed E-state index contributed by atoms with van der Waals surface area (Å²) in [5.41, 5.74) is 1.13. The van der Waals surface area contributed by atoms with Crippen molar-refractivity contribution in [1.82, 2.24) is 9.55 Å². The summed E-state index contributed by atoms with van der Waals surface area (Å²) in [6.07, 6.45) is 0. The molecule has 1 aromatic heterocycles. The summed E-state index contributed by atoms with van der Waals surface area (Å²) in [4.78, 5) is 29.6. The number of fused-ring (bicyclic) bond motifs is 1. The lowest BCUT2D eigenvalue weighted by molar-refractivity contribution is 0.0994. The number of Topliss-reactive ketones (excluding diaryl/α,β-unsaturated/α-hetero) is 1. The summed E-state index contributed by atoms with van der Waals surface area (Å²) in [5.74, 6) is 0.686. The van der Waals surface area contributed by atoms with Crippen molar-refractivity contribution in [2.24, 2.45) is 7.05 Å². The Bertz CT molecular complexity index is 980. The Morgan fingerprint density at radius 3 is 2.52 bits per heavy atom. The minimum Gasteiger partial charge on any atom is -0.497 e. The van der Waals surface area contributed by atoms with Crippen LogP contribution in [0.2, 0.25) is 0 Å². The first kappa shape index (κ1) is 17.2. The molecule has 0 spiro atoms. The molecule has 25 heavy (non-hydrogen) atoms. The van der Waals surface area contributed by atoms with Crippen LogP contribution in [0.3, 0.4) is 0 Å². The van der Waals surface area contributed by atoms with Gasteiger partial charge in [0.25, 0.3) is 5.56 Å². The van der Waals surface area contributed by atoms with Gasteiger partial charge in [0.15, 0.2) is 10.9 Å². The van der Waals surface area contributed by atoms with E-state index in [1.807, 2.05) is 19.1 Å². The van der Waals surface area contributed by atoms with E-state index in [2.05, 4.69) is 4.98 Å². The Kier molecular flexibility index (Phi) is 4.90. The zero-order chi connectivity index (χ0) is 18.0. The number of aromatic nitrogens is 2. The molecule has 0 aliphatic rings. The molecule has 5 nitrogen and oxygen atoms in total.